The largest absolute Gasteiger partial charge is 0.466 e. The normalized spacial score (nSPS) is 12.3. The van der Waals surface area contributed by atoms with Crippen LogP contribution < -0.4 is 0 Å². The second-order valence-electron chi connectivity index (χ2n) is 4.59. The maximum Gasteiger partial charge on any atom is 0.309 e. The molecule has 2 aromatic rings. The van der Waals surface area contributed by atoms with Crippen LogP contribution in [0.1, 0.15) is 13.8 Å². The molecule has 2 rings (SSSR count). The predicted octanol–water partition coefficient (Wildman–Crippen LogP) is 4.78. The molecule has 1 atom stereocenters. The van der Waals surface area contributed by atoms with Crippen LogP contribution in [0.4, 0.5) is 0 Å². The Kier molecular flexibility index (Phi) is 5.32. The van der Waals surface area contributed by atoms with Crippen LogP contribution in [-0.4, -0.2) is 18.3 Å². The van der Waals surface area contributed by atoms with Gasteiger partial charge in [-0.25, -0.2) is 0 Å². The van der Waals surface area contributed by atoms with E-state index in [1.165, 1.54) is 0 Å². The molecule has 1 unspecified atom stereocenters. The van der Waals surface area contributed by atoms with Crippen molar-refractivity contribution in [2.75, 3.05) is 12.4 Å². The van der Waals surface area contributed by atoms with Crippen LogP contribution in [0.2, 0.25) is 5.02 Å². The average molecular weight is 309 g/mol. The van der Waals surface area contributed by atoms with Crippen molar-refractivity contribution >= 4 is 40.1 Å². The number of thioether (sulfide) groups is 1. The van der Waals surface area contributed by atoms with Crippen molar-refractivity contribution in [2.45, 2.75) is 18.7 Å². The molecular formula is C16H17ClO2S. The Hall–Kier alpha value is -1.19. The second-order valence-corrected chi connectivity index (χ2v) is 6.08. The lowest BCUT2D eigenvalue weighted by atomic mass is 10.1. The Morgan fingerprint density at radius 1 is 1.35 bits per heavy atom. The van der Waals surface area contributed by atoms with Crippen LogP contribution in [0.25, 0.3) is 10.8 Å². The highest BCUT2D eigenvalue weighted by Crippen LogP contribution is 2.30. The lowest BCUT2D eigenvalue weighted by Gasteiger charge is -2.11. The van der Waals surface area contributed by atoms with Gasteiger partial charge in [0, 0.05) is 15.7 Å². The fourth-order valence-corrected chi connectivity index (χ4v) is 3.18. The molecule has 2 nitrogen and oxygen atoms in total. The molecule has 4 heteroatoms. The zero-order valence-electron chi connectivity index (χ0n) is 11.6. The predicted molar refractivity (Wildman–Crippen MR) is 85.5 cm³/mol. The number of carbonyl (C=O) groups is 1. The van der Waals surface area contributed by atoms with Crippen molar-refractivity contribution in [3.05, 3.63) is 41.4 Å². The molecule has 0 aliphatic rings. The van der Waals surface area contributed by atoms with E-state index >= 15 is 0 Å². The van der Waals surface area contributed by atoms with Gasteiger partial charge in [-0.3, -0.25) is 4.79 Å². The molecule has 0 saturated heterocycles. The van der Waals surface area contributed by atoms with Gasteiger partial charge in [-0.05, 0) is 35.9 Å². The first kappa shape index (κ1) is 15.2. The third-order valence-electron chi connectivity index (χ3n) is 2.98. The van der Waals surface area contributed by atoms with Crippen molar-refractivity contribution < 1.29 is 9.53 Å². The summed E-state index contributed by atoms with van der Waals surface area (Å²) in [6.45, 7) is 4.15. The van der Waals surface area contributed by atoms with E-state index in [4.69, 9.17) is 16.3 Å². The van der Waals surface area contributed by atoms with E-state index in [1.54, 1.807) is 11.8 Å². The van der Waals surface area contributed by atoms with Gasteiger partial charge in [0.1, 0.15) is 0 Å². The summed E-state index contributed by atoms with van der Waals surface area (Å²) in [5.41, 5.74) is 0. The molecule has 0 saturated carbocycles. The van der Waals surface area contributed by atoms with E-state index in [0.717, 1.165) is 20.7 Å². The molecule has 0 aliphatic carbocycles. The van der Waals surface area contributed by atoms with Crippen molar-refractivity contribution in [3.63, 3.8) is 0 Å². The Balaban J connectivity index is 2.12. The Labute approximate surface area is 128 Å². The summed E-state index contributed by atoms with van der Waals surface area (Å²) in [5.74, 6) is 0.464. The molecule has 0 aromatic heterocycles. The lowest BCUT2D eigenvalue weighted by molar-refractivity contribution is -0.146. The van der Waals surface area contributed by atoms with Crippen LogP contribution in [0.3, 0.4) is 0 Å². The fourth-order valence-electron chi connectivity index (χ4n) is 1.92. The van der Waals surface area contributed by atoms with E-state index < -0.39 is 0 Å². The highest BCUT2D eigenvalue weighted by atomic mass is 35.5. The van der Waals surface area contributed by atoms with Gasteiger partial charge >= 0.3 is 5.97 Å². The molecule has 0 radical (unpaired) electrons. The summed E-state index contributed by atoms with van der Waals surface area (Å²) in [6, 6.07) is 12.0. The first-order valence-corrected chi connectivity index (χ1v) is 7.96. The Morgan fingerprint density at radius 2 is 2.15 bits per heavy atom. The molecule has 2 aromatic carbocycles. The number of benzene rings is 2. The van der Waals surface area contributed by atoms with E-state index in [-0.39, 0.29) is 11.9 Å². The summed E-state index contributed by atoms with van der Waals surface area (Å²) in [5, 5.41) is 3.02. The number of esters is 1. The van der Waals surface area contributed by atoms with Gasteiger partial charge < -0.3 is 4.74 Å². The maximum absolute atomic E-state index is 11.6. The Morgan fingerprint density at radius 3 is 2.90 bits per heavy atom. The summed E-state index contributed by atoms with van der Waals surface area (Å²) >= 11 is 7.68. The van der Waals surface area contributed by atoms with Gasteiger partial charge in [0.25, 0.3) is 0 Å². The molecule has 0 amide bonds. The summed E-state index contributed by atoms with van der Waals surface area (Å²) < 4.78 is 5.03. The number of fused-ring (bicyclic) bond motifs is 1. The van der Waals surface area contributed by atoms with Gasteiger partial charge in [-0.15, -0.1) is 11.8 Å². The van der Waals surface area contributed by atoms with Crippen LogP contribution in [-0.2, 0) is 9.53 Å². The minimum Gasteiger partial charge on any atom is -0.466 e. The van der Waals surface area contributed by atoms with Gasteiger partial charge in [-0.2, -0.15) is 0 Å². The molecule has 0 fully saturated rings. The van der Waals surface area contributed by atoms with Gasteiger partial charge in [0.15, 0.2) is 0 Å². The minimum absolute atomic E-state index is 0.109. The van der Waals surface area contributed by atoms with Crippen LogP contribution in [0.5, 0.6) is 0 Å². The molecule has 20 heavy (non-hydrogen) atoms. The summed E-state index contributed by atoms with van der Waals surface area (Å²) in [7, 11) is 0. The van der Waals surface area contributed by atoms with Gasteiger partial charge in [-0.1, -0.05) is 36.7 Å². The van der Waals surface area contributed by atoms with Crippen LogP contribution >= 0.6 is 23.4 Å². The number of hydrogen-bond donors (Lipinski definition) is 0. The van der Waals surface area contributed by atoms with Crippen molar-refractivity contribution in [1.29, 1.82) is 0 Å². The second kappa shape index (κ2) is 7.00. The van der Waals surface area contributed by atoms with E-state index in [9.17, 15) is 4.79 Å². The molecule has 0 aliphatic heterocycles. The van der Waals surface area contributed by atoms with E-state index in [1.807, 2.05) is 44.2 Å². The summed E-state index contributed by atoms with van der Waals surface area (Å²) in [6.07, 6.45) is 0. The van der Waals surface area contributed by atoms with Crippen molar-refractivity contribution in [3.8, 4) is 0 Å². The molecule has 0 spiro atoms. The SMILES string of the molecule is CCOC(=O)C(C)CSc1cccc2cc(Cl)ccc12. The van der Waals surface area contributed by atoms with Crippen LogP contribution in [0, 0.1) is 5.92 Å². The molecule has 0 bridgehead atoms. The van der Waals surface area contributed by atoms with Gasteiger partial charge in [0.05, 0.1) is 12.5 Å². The standard InChI is InChI=1S/C16H17ClO2S/c1-3-19-16(18)11(2)10-20-15-6-4-5-12-9-13(17)7-8-14(12)15/h4-9,11H,3,10H2,1-2H3. The van der Waals surface area contributed by atoms with E-state index in [2.05, 4.69) is 6.07 Å². The van der Waals surface area contributed by atoms with Gasteiger partial charge in [0.2, 0.25) is 0 Å². The smallest absolute Gasteiger partial charge is 0.309 e. The number of rotatable bonds is 5. The molecule has 106 valence electrons. The first-order valence-electron chi connectivity index (χ1n) is 6.59. The topological polar surface area (TPSA) is 26.3 Å². The zero-order chi connectivity index (χ0) is 14.5. The lowest BCUT2D eigenvalue weighted by Crippen LogP contribution is -2.16. The quantitative estimate of drug-likeness (QED) is 0.587. The van der Waals surface area contributed by atoms with Crippen LogP contribution in [0.15, 0.2) is 41.3 Å². The first-order chi connectivity index (χ1) is 9.61. The third-order valence-corrected chi connectivity index (χ3v) is 4.55. The number of ether oxygens (including phenoxy) is 1. The molecule has 0 N–H and O–H groups in total. The number of carbonyl (C=O) groups excluding carboxylic acids is 1. The van der Waals surface area contributed by atoms with Crippen molar-refractivity contribution in [1.82, 2.24) is 0 Å². The van der Waals surface area contributed by atoms with E-state index in [0.29, 0.717) is 12.4 Å². The zero-order valence-corrected chi connectivity index (χ0v) is 13.1. The average Bonchev–Trinajstić information content (AvgIpc) is 2.44. The third kappa shape index (κ3) is 3.68. The molecule has 0 heterocycles. The summed E-state index contributed by atoms with van der Waals surface area (Å²) in [4.78, 5) is 12.8. The molecular weight excluding hydrogens is 292 g/mol. The van der Waals surface area contributed by atoms with Crippen molar-refractivity contribution in [2.24, 2.45) is 5.92 Å². The monoisotopic (exact) mass is 308 g/mol. The highest BCUT2D eigenvalue weighted by Gasteiger charge is 2.14. The highest BCUT2D eigenvalue weighted by molar-refractivity contribution is 7.99. The Bertz CT molecular complexity index is 612. The maximum atomic E-state index is 11.6. The number of halogens is 1. The number of hydrogen-bond acceptors (Lipinski definition) is 3. The minimum atomic E-state index is -0.136. The fraction of sp³-hybridized carbons (Fsp3) is 0.312.